The lowest BCUT2D eigenvalue weighted by Gasteiger charge is -2.08. The van der Waals surface area contributed by atoms with Crippen molar-refractivity contribution in [2.45, 2.75) is 16.9 Å². The van der Waals surface area contributed by atoms with Gasteiger partial charge in [0.25, 0.3) is 0 Å². The summed E-state index contributed by atoms with van der Waals surface area (Å²) < 4.78 is 34.6. The molecule has 1 N–H and O–H groups in total. The van der Waals surface area contributed by atoms with Crippen molar-refractivity contribution in [2.24, 2.45) is 0 Å². The predicted molar refractivity (Wildman–Crippen MR) is 39.2 cm³/mol. The molecule has 0 saturated carbocycles. The minimum Gasteiger partial charge on any atom is -0.313 e. The molecule has 0 saturated heterocycles. The largest absolute Gasteiger partial charge is 0.414 e. The van der Waals surface area contributed by atoms with Crippen LogP contribution >= 0.6 is 15.9 Å². The molecule has 1 atom stereocenters. The molecule has 0 aromatic carbocycles. The van der Waals surface area contributed by atoms with Gasteiger partial charge in [-0.3, -0.25) is 0 Å². The average molecular weight is 228 g/mol. The molecule has 0 aliphatic heterocycles. The first-order valence-electron chi connectivity index (χ1n) is 2.88. The van der Waals surface area contributed by atoms with Crippen LogP contribution in [0.25, 0.3) is 0 Å². The van der Waals surface area contributed by atoms with Gasteiger partial charge in [0, 0.05) is 6.42 Å². The summed E-state index contributed by atoms with van der Waals surface area (Å²) >= 11 is 2.89. The van der Waals surface area contributed by atoms with E-state index in [0.29, 0.717) is 0 Å². The number of rotatable bonds is 2. The highest BCUT2D eigenvalue weighted by Crippen LogP contribution is 2.53. The van der Waals surface area contributed by atoms with E-state index in [1.54, 1.807) is 0 Å². The van der Waals surface area contributed by atoms with Gasteiger partial charge in [0.05, 0.1) is 9.90 Å². The zero-order chi connectivity index (χ0) is 8.70. The highest BCUT2D eigenvalue weighted by Gasteiger charge is 2.55. The zero-order valence-electron chi connectivity index (χ0n) is 5.37. The van der Waals surface area contributed by atoms with Crippen molar-refractivity contribution in [3.8, 4) is 0 Å². The topological polar surface area (TPSA) is 23.9 Å². The van der Waals surface area contributed by atoms with Gasteiger partial charge in [0.1, 0.15) is 0 Å². The summed E-state index contributed by atoms with van der Waals surface area (Å²) in [5.74, 6) is 0. The number of halogens is 4. The second-order valence-corrected chi connectivity index (χ2v) is 3.74. The molecule has 0 radical (unpaired) electrons. The monoisotopic (exact) mass is 227 g/mol. The third kappa shape index (κ3) is 1.64. The molecule has 0 aromatic heterocycles. The van der Waals surface area contributed by atoms with Gasteiger partial charge in [0.2, 0.25) is 0 Å². The van der Waals surface area contributed by atoms with Crippen molar-refractivity contribution >= 4 is 22.1 Å². The summed E-state index contributed by atoms with van der Waals surface area (Å²) in [7, 11) is 0. The van der Waals surface area contributed by atoms with Gasteiger partial charge in [-0.2, -0.15) is 13.2 Å². The third-order valence-corrected chi connectivity index (χ3v) is 2.42. The van der Waals surface area contributed by atoms with E-state index >= 15 is 0 Å². The Balaban J connectivity index is 2.58. The normalized spacial score (nSPS) is 29.6. The minimum atomic E-state index is -4.24. The van der Waals surface area contributed by atoms with Crippen molar-refractivity contribution in [3.63, 3.8) is 0 Å². The smallest absolute Gasteiger partial charge is 0.313 e. The maximum absolute atomic E-state index is 11.9. The minimum absolute atomic E-state index is 0.0713. The summed E-state index contributed by atoms with van der Waals surface area (Å²) in [4.78, 5) is 0. The predicted octanol–water partition coefficient (Wildman–Crippen LogP) is 2.66. The molecule has 0 aromatic rings. The van der Waals surface area contributed by atoms with Crippen LogP contribution in [0.2, 0.25) is 0 Å². The van der Waals surface area contributed by atoms with Gasteiger partial charge < -0.3 is 5.41 Å². The van der Waals surface area contributed by atoms with E-state index in [4.69, 9.17) is 5.41 Å². The summed E-state index contributed by atoms with van der Waals surface area (Å²) in [5.41, 5.74) is -0.575. The Morgan fingerprint density at radius 2 is 2.18 bits per heavy atom. The molecule has 11 heavy (non-hydrogen) atoms. The first kappa shape index (κ1) is 8.77. The summed E-state index contributed by atoms with van der Waals surface area (Å²) in [5, 5.41) is 6.64. The van der Waals surface area contributed by atoms with E-state index in [1.165, 1.54) is 0 Å². The van der Waals surface area contributed by atoms with Crippen LogP contribution in [-0.2, 0) is 0 Å². The van der Waals surface area contributed by atoms with Gasteiger partial charge in [-0.05, 0) is 6.21 Å². The molecule has 1 rings (SSSR count). The quantitative estimate of drug-likeness (QED) is 0.426. The van der Waals surface area contributed by atoms with Crippen molar-refractivity contribution in [1.82, 2.24) is 0 Å². The van der Waals surface area contributed by atoms with Crippen molar-refractivity contribution in [2.75, 3.05) is 0 Å². The molecule has 5 heteroatoms. The number of nitrogens with one attached hydrogen (secondary N) is 1. The molecule has 0 fully saturated rings. The molecule has 0 bridgehead atoms. The third-order valence-electron chi connectivity index (χ3n) is 1.44. The molecular weight excluding hydrogens is 223 g/mol. The van der Waals surface area contributed by atoms with E-state index in [2.05, 4.69) is 15.9 Å². The Morgan fingerprint density at radius 1 is 1.64 bits per heavy atom. The van der Waals surface area contributed by atoms with Gasteiger partial charge in [-0.25, -0.2) is 0 Å². The number of hydrogen-bond donors (Lipinski definition) is 1. The molecule has 0 spiro atoms. The highest BCUT2D eigenvalue weighted by molar-refractivity contribution is 9.10. The lowest BCUT2D eigenvalue weighted by molar-refractivity contribution is -0.0887. The lowest BCUT2D eigenvalue weighted by Crippen LogP contribution is -2.15. The second-order valence-electron chi connectivity index (χ2n) is 2.33. The first-order chi connectivity index (χ1) is 4.90. The molecule has 1 aliphatic carbocycles. The maximum Gasteiger partial charge on any atom is 0.414 e. The fourth-order valence-corrected chi connectivity index (χ4v) is 1.44. The van der Waals surface area contributed by atoms with Gasteiger partial charge >= 0.3 is 6.18 Å². The molecule has 1 nitrogen and oxygen atoms in total. The summed E-state index contributed by atoms with van der Waals surface area (Å²) in [6.45, 7) is 0. The van der Waals surface area contributed by atoms with Crippen LogP contribution in [0, 0.1) is 5.41 Å². The van der Waals surface area contributed by atoms with Crippen LogP contribution in [0.1, 0.15) is 6.42 Å². The molecular formula is C6H5BrF3N. The summed E-state index contributed by atoms with van der Waals surface area (Å²) in [6.07, 6.45) is -2.13. The van der Waals surface area contributed by atoms with Crippen LogP contribution in [-0.4, -0.2) is 16.7 Å². The summed E-state index contributed by atoms with van der Waals surface area (Å²) in [6, 6.07) is 0. The maximum atomic E-state index is 11.9. The number of allylic oxidation sites excluding steroid dienone is 2. The fourth-order valence-electron chi connectivity index (χ4n) is 0.828. The van der Waals surface area contributed by atoms with Crippen LogP contribution in [0.4, 0.5) is 13.2 Å². The van der Waals surface area contributed by atoms with Gasteiger partial charge in [-0.15, -0.1) is 0 Å². The van der Waals surface area contributed by atoms with Crippen LogP contribution in [0.5, 0.6) is 0 Å². The number of alkyl halides is 4. The van der Waals surface area contributed by atoms with E-state index < -0.39 is 16.1 Å². The zero-order valence-corrected chi connectivity index (χ0v) is 6.96. The molecule has 1 aliphatic rings. The van der Waals surface area contributed by atoms with Crippen molar-refractivity contribution in [1.29, 1.82) is 5.41 Å². The van der Waals surface area contributed by atoms with E-state index in [9.17, 15) is 13.2 Å². The Labute approximate surface area is 69.9 Å². The van der Waals surface area contributed by atoms with Crippen molar-refractivity contribution in [3.05, 3.63) is 11.6 Å². The second kappa shape index (κ2) is 2.33. The Hall–Kier alpha value is -0.320. The fraction of sp³-hybridized carbons (Fsp3) is 0.500. The van der Waals surface area contributed by atoms with E-state index in [-0.39, 0.29) is 6.42 Å². The Kier molecular flexibility index (Phi) is 1.86. The van der Waals surface area contributed by atoms with E-state index in [0.717, 1.165) is 12.3 Å². The lowest BCUT2D eigenvalue weighted by atomic mass is 10.2. The molecule has 1 unspecified atom stereocenters. The standard InChI is InChI=1S/C6H5BrF3N/c7-5(1-2-11)3-4(5)6(8,9)10/h2-3,11H,1H2. The SMILES string of the molecule is N=CCC1(Br)C=C1C(F)(F)F. The average Bonchev–Trinajstić information content (AvgIpc) is 2.41. The van der Waals surface area contributed by atoms with Gasteiger partial charge in [0.15, 0.2) is 0 Å². The van der Waals surface area contributed by atoms with Crippen LogP contribution in [0.3, 0.4) is 0 Å². The van der Waals surface area contributed by atoms with Crippen LogP contribution < -0.4 is 0 Å². The molecule has 62 valence electrons. The molecule has 0 heterocycles. The van der Waals surface area contributed by atoms with Crippen LogP contribution in [0.15, 0.2) is 11.6 Å². The highest BCUT2D eigenvalue weighted by atomic mass is 79.9. The first-order valence-corrected chi connectivity index (χ1v) is 3.68. The number of hydrogen-bond acceptors (Lipinski definition) is 1. The van der Waals surface area contributed by atoms with E-state index in [1.807, 2.05) is 0 Å². The molecule has 0 amide bonds. The van der Waals surface area contributed by atoms with Crippen molar-refractivity contribution < 1.29 is 13.2 Å². The van der Waals surface area contributed by atoms with Gasteiger partial charge in [-0.1, -0.05) is 22.0 Å². The Bertz CT molecular complexity index is 220. The Morgan fingerprint density at radius 3 is 2.45 bits per heavy atom.